The van der Waals surface area contributed by atoms with Crippen molar-refractivity contribution in [1.29, 1.82) is 0 Å². The molecule has 2 aromatic rings. The van der Waals surface area contributed by atoms with Crippen molar-refractivity contribution < 1.29 is 14.3 Å². The lowest BCUT2D eigenvalue weighted by atomic mass is 10.2. The predicted molar refractivity (Wildman–Crippen MR) is 50.7 cm³/mol. The lowest BCUT2D eigenvalue weighted by molar-refractivity contribution is 0.375. The number of phenolic OH excluding ortho intramolecular Hbond substituents is 1. The van der Waals surface area contributed by atoms with E-state index in [1.807, 2.05) is 0 Å². The van der Waals surface area contributed by atoms with E-state index in [1.54, 1.807) is 12.1 Å². The van der Waals surface area contributed by atoms with Crippen molar-refractivity contribution in [2.45, 2.75) is 0 Å². The molecule has 0 unspecified atom stereocenters. The molecule has 4 heteroatoms. The van der Waals surface area contributed by atoms with Crippen LogP contribution in [0.25, 0.3) is 11.0 Å². The summed E-state index contributed by atoms with van der Waals surface area (Å²) in [7, 11) is 1.46. The maximum Gasteiger partial charge on any atom is 0.336 e. The molecule has 0 saturated carbocycles. The Morgan fingerprint density at radius 1 is 1.29 bits per heavy atom. The lowest BCUT2D eigenvalue weighted by Crippen LogP contribution is -1.94. The molecule has 1 N–H and O–H groups in total. The number of methoxy groups -OCH3 is 1. The monoisotopic (exact) mass is 192 g/mol. The van der Waals surface area contributed by atoms with Crippen molar-refractivity contribution in [3.8, 4) is 11.5 Å². The first kappa shape index (κ1) is 8.62. The summed E-state index contributed by atoms with van der Waals surface area (Å²) in [6, 6.07) is 5.87. The summed E-state index contributed by atoms with van der Waals surface area (Å²) in [5, 5.41) is 10.1. The van der Waals surface area contributed by atoms with Crippen LogP contribution < -0.4 is 10.4 Å². The Morgan fingerprint density at radius 3 is 2.79 bits per heavy atom. The average Bonchev–Trinajstić information content (AvgIpc) is 2.18. The zero-order valence-electron chi connectivity index (χ0n) is 7.48. The molecule has 0 spiro atoms. The first-order valence-corrected chi connectivity index (χ1v) is 4.02. The normalized spacial score (nSPS) is 10.4. The molecule has 0 fully saturated rings. The molecule has 0 bridgehead atoms. The number of hydrogen-bond acceptors (Lipinski definition) is 4. The number of aromatic hydroxyl groups is 1. The van der Waals surface area contributed by atoms with Crippen LogP contribution in [0.15, 0.2) is 33.5 Å². The number of hydrogen-bond donors (Lipinski definition) is 1. The molecular formula is C10H8O4. The van der Waals surface area contributed by atoms with Gasteiger partial charge in [0.1, 0.15) is 5.58 Å². The van der Waals surface area contributed by atoms with Crippen LogP contribution in [0.2, 0.25) is 0 Å². The van der Waals surface area contributed by atoms with Gasteiger partial charge in [-0.3, -0.25) is 0 Å². The van der Waals surface area contributed by atoms with Gasteiger partial charge in [-0.2, -0.15) is 0 Å². The van der Waals surface area contributed by atoms with Gasteiger partial charge in [-0.1, -0.05) is 0 Å². The van der Waals surface area contributed by atoms with Crippen LogP contribution in [-0.4, -0.2) is 12.2 Å². The van der Waals surface area contributed by atoms with Gasteiger partial charge in [0.2, 0.25) is 0 Å². The molecule has 72 valence electrons. The van der Waals surface area contributed by atoms with E-state index in [4.69, 9.17) is 9.15 Å². The summed E-state index contributed by atoms with van der Waals surface area (Å²) < 4.78 is 9.78. The average molecular weight is 192 g/mol. The molecule has 0 amide bonds. The van der Waals surface area contributed by atoms with Crippen molar-refractivity contribution in [3.05, 3.63) is 34.7 Å². The summed E-state index contributed by atoms with van der Waals surface area (Å²) in [4.78, 5) is 10.9. The highest BCUT2D eigenvalue weighted by Crippen LogP contribution is 2.33. The van der Waals surface area contributed by atoms with Crippen molar-refractivity contribution in [3.63, 3.8) is 0 Å². The molecule has 0 atom stereocenters. The smallest absolute Gasteiger partial charge is 0.336 e. The molecule has 1 aromatic heterocycles. The van der Waals surface area contributed by atoms with Gasteiger partial charge in [-0.25, -0.2) is 4.79 Å². The van der Waals surface area contributed by atoms with Crippen LogP contribution in [-0.2, 0) is 0 Å². The zero-order valence-corrected chi connectivity index (χ0v) is 7.48. The highest BCUT2D eigenvalue weighted by Gasteiger charge is 2.07. The third kappa shape index (κ3) is 1.21. The third-order valence-electron chi connectivity index (χ3n) is 1.96. The molecule has 0 aliphatic rings. The predicted octanol–water partition coefficient (Wildman–Crippen LogP) is 1.51. The summed E-state index contributed by atoms with van der Waals surface area (Å²) in [6.07, 6.45) is 0. The largest absolute Gasteiger partial charge is 0.504 e. The molecule has 14 heavy (non-hydrogen) atoms. The molecule has 4 nitrogen and oxygen atoms in total. The Hall–Kier alpha value is -1.97. The fourth-order valence-corrected chi connectivity index (χ4v) is 1.28. The molecule has 2 rings (SSSR count). The molecular weight excluding hydrogens is 184 g/mol. The number of phenols is 1. The van der Waals surface area contributed by atoms with E-state index in [0.717, 1.165) is 0 Å². The Bertz CT molecular complexity index is 527. The topological polar surface area (TPSA) is 59.7 Å². The maximum atomic E-state index is 10.9. The van der Waals surface area contributed by atoms with Gasteiger partial charge in [0.25, 0.3) is 0 Å². The minimum absolute atomic E-state index is 0.0197. The molecule has 0 aliphatic heterocycles. The zero-order chi connectivity index (χ0) is 10.1. The molecule has 1 aromatic carbocycles. The lowest BCUT2D eigenvalue weighted by Gasteiger charge is -2.04. The van der Waals surface area contributed by atoms with Crippen LogP contribution >= 0.6 is 0 Å². The third-order valence-corrected chi connectivity index (χ3v) is 1.96. The summed E-state index contributed by atoms with van der Waals surface area (Å²) >= 11 is 0. The van der Waals surface area contributed by atoms with Crippen LogP contribution in [0.5, 0.6) is 11.5 Å². The standard InChI is InChI=1S/C10H8O4/c1-13-8-4-3-7-6(10(8)12)2-5-9(11)14-7/h2-5,12H,1H3. The van der Waals surface area contributed by atoms with E-state index in [1.165, 1.54) is 19.2 Å². The van der Waals surface area contributed by atoms with E-state index in [9.17, 15) is 9.90 Å². The fraction of sp³-hybridized carbons (Fsp3) is 0.100. The molecule has 0 radical (unpaired) electrons. The Kier molecular flexibility index (Phi) is 1.89. The quantitative estimate of drug-likeness (QED) is 0.695. The summed E-state index contributed by atoms with van der Waals surface area (Å²) in [5.74, 6) is 0.333. The number of fused-ring (bicyclic) bond motifs is 1. The minimum Gasteiger partial charge on any atom is -0.504 e. The second-order valence-corrected chi connectivity index (χ2v) is 2.78. The summed E-state index contributed by atoms with van der Waals surface area (Å²) in [5.41, 5.74) is -0.0992. The fourth-order valence-electron chi connectivity index (χ4n) is 1.28. The maximum absolute atomic E-state index is 10.9. The van der Waals surface area contributed by atoms with Crippen molar-refractivity contribution in [2.75, 3.05) is 7.11 Å². The van der Waals surface area contributed by atoms with Crippen molar-refractivity contribution in [2.24, 2.45) is 0 Å². The Morgan fingerprint density at radius 2 is 2.07 bits per heavy atom. The van der Waals surface area contributed by atoms with E-state index < -0.39 is 5.63 Å². The Labute approximate surface area is 79.4 Å². The second kappa shape index (κ2) is 3.06. The SMILES string of the molecule is COc1ccc2oc(=O)ccc2c1O. The van der Waals surface area contributed by atoms with Gasteiger partial charge in [0.05, 0.1) is 12.5 Å². The number of benzene rings is 1. The van der Waals surface area contributed by atoms with Crippen LogP contribution in [0.4, 0.5) is 0 Å². The van der Waals surface area contributed by atoms with E-state index in [2.05, 4.69) is 0 Å². The van der Waals surface area contributed by atoms with Crippen LogP contribution in [0.1, 0.15) is 0 Å². The first-order chi connectivity index (χ1) is 6.72. The van der Waals surface area contributed by atoms with Gasteiger partial charge in [0, 0.05) is 6.07 Å². The van der Waals surface area contributed by atoms with Gasteiger partial charge in [-0.05, 0) is 18.2 Å². The van der Waals surface area contributed by atoms with Gasteiger partial charge in [-0.15, -0.1) is 0 Å². The highest BCUT2D eigenvalue weighted by molar-refractivity contribution is 5.85. The van der Waals surface area contributed by atoms with Gasteiger partial charge < -0.3 is 14.3 Å². The van der Waals surface area contributed by atoms with Crippen LogP contribution in [0.3, 0.4) is 0 Å². The molecule has 0 aliphatic carbocycles. The van der Waals surface area contributed by atoms with Crippen LogP contribution in [0, 0.1) is 0 Å². The number of rotatable bonds is 1. The van der Waals surface area contributed by atoms with E-state index in [0.29, 0.717) is 16.7 Å². The van der Waals surface area contributed by atoms with Gasteiger partial charge >= 0.3 is 5.63 Å². The minimum atomic E-state index is -0.443. The van der Waals surface area contributed by atoms with Crippen molar-refractivity contribution in [1.82, 2.24) is 0 Å². The first-order valence-electron chi connectivity index (χ1n) is 4.02. The Balaban J connectivity index is 2.84. The van der Waals surface area contributed by atoms with E-state index in [-0.39, 0.29) is 5.75 Å². The molecule has 1 heterocycles. The highest BCUT2D eigenvalue weighted by atomic mass is 16.5. The summed E-state index contributed by atoms with van der Waals surface area (Å²) in [6.45, 7) is 0. The second-order valence-electron chi connectivity index (χ2n) is 2.78. The van der Waals surface area contributed by atoms with Crippen molar-refractivity contribution >= 4 is 11.0 Å². The number of ether oxygens (including phenoxy) is 1. The molecule has 0 saturated heterocycles. The van der Waals surface area contributed by atoms with Gasteiger partial charge in [0.15, 0.2) is 11.5 Å². The van der Waals surface area contributed by atoms with E-state index >= 15 is 0 Å².